The normalized spacial score (nSPS) is 16.1. The first-order valence-electron chi connectivity index (χ1n) is 12.1. The van der Waals surface area contributed by atoms with Crippen molar-refractivity contribution < 1.29 is 35.9 Å². The highest BCUT2D eigenvalue weighted by molar-refractivity contribution is 6.99. The summed E-state index contributed by atoms with van der Waals surface area (Å²) in [6, 6.07) is 2.24. The van der Waals surface area contributed by atoms with Gasteiger partial charge in [0.1, 0.15) is 6.61 Å². The molecule has 3 heterocycles. The molecule has 5 rings (SSSR count). The maximum absolute atomic E-state index is 13.1. The summed E-state index contributed by atoms with van der Waals surface area (Å²) in [5, 5.41) is 5.37. The molecule has 1 aliphatic heterocycles. The van der Waals surface area contributed by atoms with Crippen LogP contribution < -0.4 is 20.3 Å². The molecule has 2 aliphatic rings. The number of urea groups is 1. The molecular formula is C23H22F6N8O2S. The lowest BCUT2D eigenvalue weighted by atomic mass is 10.1. The van der Waals surface area contributed by atoms with E-state index in [0.29, 0.717) is 35.6 Å². The number of hydrogen-bond acceptors (Lipinski definition) is 9. The smallest absolute Gasteiger partial charge is 0.416 e. The molecule has 2 fully saturated rings. The first-order chi connectivity index (χ1) is 19.0. The predicted molar refractivity (Wildman–Crippen MR) is 132 cm³/mol. The van der Waals surface area contributed by atoms with Gasteiger partial charge in [-0.05, 0) is 37.1 Å². The van der Waals surface area contributed by atoms with E-state index >= 15 is 0 Å². The van der Waals surface area contributed by atoms with Gasteiger partial charge in [0, 0.05) is 44.1 Å². The number of anilines is 3. The van der Waals surface area contributed by atoms with Crippen LogP contribution in [0.15, 0.2) is 30.5 Å². The number of amides is 2. The van der Waals surface area contributed by atoms with Gasteiger partial charge in [0.25, 0.3) is 5.88 Å². The molecule has 0 radical (unpaired) electrons. The van der Waals surface area contributed by atoms with Crippen molar-refractivity contribution in [3.05, 3.63) is 47.3 Å². The van der Waals surface area contributed by atoms with Gasteiger partial charge >= 0.3 is 18.4 Å². The van der Waals surface area contributed by atoms with Crippen molar-refractivity contribution in [1.82, 2.24) is 23.6 Å². The second-order valence-corrected chi connectivity index (χ2v) is 9.70. The molecule has 1 saturated carbocycles. The van der Waals surface area contributed by atoms with Gasteiger partial charge in [0.15, 0.2) is 0 Å². The minimum Gasteiger partial charge on any atom is -0.468 e. The lowest BCUT2D eigenvalue weighted by Crippen LogP contribution is -2.50. The first-order valence-corrected chi connectivity index (χ1v) is 12.8. The summed E-state index contributed by atoms with van der Waals surface area (Å²) in [4.78, 5) is 24.4. The maximum atomic E-state index is 13.1. The lowest BCUT2D eigenvalue weighted by molar-refractivity contribution is -0.143. The molecule has 1 aromatic carbocycles. The Labute approximate surface area is 227 Å². The van der Waals surface area contributed by atoms with Gasteiger partial charge in [-0.15, -0.1) is 4.37 Å². The molecule has 1 saturated heterocycles. The number of hydrogen-bond donors (Lipinski definition) is 2. The monoisotopic (exact) mass is 588 g/mol. The average Bonchev–Trinajstić information content (AvgIpc) is 3.59. The molecule has 2 aromatic heterocycles. The Morgan fingerprint density at radius 1 is 1.00 bits per heavy atom. The number of halogens is 6. The number of nitrogens with one attached hydrogen (secondary N) is 2. The van der Waals surface area contributed by atoms with E-state index in [1.54, 1.807) is 12.3 Å². The maximum Gasteiger partial charge on any atom is 0.416 e. The summed E-state index contributed by atoms with van der Waals surface area (Å²) in [7, 11) is 0. The summed E-state index contributed by atoms with van der Waals surface area (Å²) in [5.74, 6) is 1.26. The summed E-state index contributed by atoms with van der Waals surface area (Å²) in [6.45, 7) is 0.967. The number of carbonyl (C=O) groups is 1. The van der Waals surface area contributed by atoms with Crippen LogP contribution in [0.2, 0.25) is 0 Å². The molecule has 0 atom stereocenters. The second-order valence-electron chi connectivity index (χ2n) is 9.17. The van der Waals surface area contributed by atoms with Crippen molar-refractivity contribution >= 4 is 35.2 Å². The van der Waals surface area contributed by atoms with E-state index in [-0.39, 0.29) is 44.7 Å². The zero-order valence-electron chi connectivity index (χ0n) is 20.6. The fraction of sp³-hybridized carbons (Fsp3) is 0.435. The average molecular weight is 589 g/mol. The Bertz CT molecular complexity index is 1320. The molecule has 17 heteroatoms. The molecule has 3 aromatic rings. The van der Waals surface area contributed by atoms with Crippen molar-refractivity contribution in [2.24, 2.45) is 0 Å². The van der Waals surface area contributed by atoms with Crippen molar-refractivity contribution in [3.63, 3.8) is 0 Å². The van der Waals surface area contributed by atoms with E-state index in [0.717, 1.165) is 24.6 Å². The largest absolute Gasteiger partial charge is 0.468 e. The van der Waals surface area contributed by atoms with E-state index in [1.807, 2.05) is 4.90 Å². The highest BCUT2D eigenvalue weighted by atomic mass is 32.1. The zero-order chi connectivity index (χ0) is 28.5. The van der Waals surface area contributed by atoms with E-state index in [1.165, 1.54) is 4.90 Å². The molecule has 0 bridgehead atoms. The van der Waals surface area contributed by atoms with E-state index in [2.05, 4.69) is 29.3 Å². The number of alkyl halides is 6. The van der Waals surface area contributed by atoms with E-state index in [4.69, 9.17) is 4.74 Å². The number of carbonyl (C=O) groups excluding carboxylic acids is 1. The minimum atomic E-state index is -5.02. The quantitative estimate of drug-likeness (QED) is 0.377. The van der Waals surface area contributed by atoms with Crippen LogP contribution in [0.1, 0.15) is 29.7 Å². The van der Waals surface area contributed by atoms with Crippen molar-refractivity contribution in [2.45, 2.75) is 37.8 Å². The fourth-order valence-electron chi connectivity index (χ4n) is 3.91. The third-order valence-electron chi connectivity index (χ3n) is 6.13. The van der Waals surface area contributed by atoms with Crippen LogP contribution in [0.5, 0.6) is 5.88 Å². The summed E-state index contributed by atoms with van der Waals surface area (Å²) >= 11 is 0.942. The lowest BCUT2D eigenvalue weighted by Gasteiger charge is -2.34. The van der Waals surface area contributed by atoms with Crippen molar-refractivity contribution in [1.29, 1.82) is 0 Å². The van der Waals surface area contributed by atoms with E-state index < -0.39 is 35.2 Å². The van der Waals surface area contributed by atoms with Gasteiger partial charge in [0.2, 0.25) is 11.8 Å². The number of piperazine rings is 1. The van der Waals surface area contributed by atoms with Crippen LogP contribution >= 0.6 is 11.7 Å². The third kappa shape index (κ3) is 6.81. The van der Waals surface area contributed by atoms with Crippen LogP contribution in [-0.4, -0.2) is 61.9 Å². The Morgan fingerprint density at radius 3 is 2.30 bits per heavy atom. The molecule has 10 nitrogen and oxygen atoms in total. The van der Waals surface area contributed by atoms with Crippen LogP contribution in [0.25, 0.3) is 0 Å². The SMILES string of the molecule is O=C(Nc1cc(C(F)(F)F)cc(C(F)(F)F)c1)N1CCN(c2nsnc2OCc2ccnc(NC3CC3)n2)CC1. The van der Waals surface area contributed by atoms with Crippen LogP contribution in [0.4, 0.5) is 48.6 Å². The molecule has 0 unspecified atom stereocenters. The zero-order valence-corrected chi connectivity index (χ0v) is 21.4. The molecule has 1 aliphatic carbocycles. The van der Waals surface area contributed by atoms with Gasteiger partial charge < -0.3 is 25.2 Å². The Balaban J connectivity index is 1.18. The van der Waals surface area contributed by atoms with Gasteiger partial charge in [0.05, 0.1) is 28.5 Å². The number of rotatable bonds is 7. The highest BCUT2D eigenvalue weighted by Gasteiger charge is 2.37. The fourth-order valence-corrected chi connectivity index (χ4v) is 4.43. The highest BCUT2D eigenvalue weighted by Crippen LogP contribution is 2.37. The Hall–Kier alpha value is -3.89. The second kappa shape index (κ2) is 10.9. The summed E-state index contributed by atoms with van der Waals surface area (Å²) in [6.07, 6.45) is -6.24. The number of ether oxygens (including phenoxy) is 1. The summed E-state index contributed by atoms with van der Waals surface area (Å²) in [5.41, 5.74) is -2.98. The summed E-state index contributed by atoms with van der Waals surface area (Å²) < 4.78 is 93.1. The molecule has 2 N–H and O–H groups in total. The number of nitrogens with zero attached hydrogens (tertiary/aromatic N) is 6. The van der Waals surface area contributed by atoms with Crippen molar-refractivity contribution in [2.75, 3.05) is 41.7 Å². The molecule has 2 amide bonds. The van der Waals surface area contributed by atoms with Gasteiger partial charge in [-0.3, -0.25) is 0 Å². The van der Waals surface area contributed by atoms with Crippen molar-refractivity contribution in [3.8, 4) is 5.88 Å². The van der Waals surface area contributed by atoms with E-state index in [9.17, 15) is 31.1 Å². The predicted octanol–water partition coefficient (Wildman–Crippen LogP) is 4.87. The number of aromatic nitrogens is 4. The van der Waals surface area contributed by atoms with Gasteiger partial charge in [-0.2, -0.15) is 30.7 Å². The Kier molecular flexibility index (Phi) is 7.57. The van der Waals surface area contributed by atoms with Crippen LogP contribution in [0, 0.1) is 0 Å². The van der Waals surface area contributed by atoms with Crippen LogP contribution in [-0.2, 0) is 19.0 Å². The molecule has 214 valence electrons. The van der Waals surface area contributed by atoms with Gasteiger partial charge in [-0.1, -0.05) is 0 Å². The molecule has 40 heavy (non-hydrogen) atoms. The van der Waals surface area contributed by atoms with Crippen LogP contribution in [0.3, 0.4) is 0 Å². The van der Waals surface area contributed by atoms with Gasteiger partial charge in [-0.25, -0.2) is 14.8 Å². The standard InChI is InChI=1S/C23H22F6N8O2S/c24-22(25,26)13-9-14(23(27,28)29)11-17(10-13)33-21(38)37-7-5-36(6-8-37)18-19(35-40-34-18)39-12-16-3-4-30-20(32-16)31-15-1-2-15/h3-4,9-11,15H,1-2,5-8,12H2,(H,33,38)(H,30,31,32). The third-order valence-corrected chi connectivity index (χ3v) is 6.63. The molecule has 0 spiro atoms. The Morgan fingerprint density at radius 2 is 1.68 bits per heavy atom. The molecular weight excluding hydrogens is 566 g/mol. The number of benzene rings is 1. The minimum absolute atomic E-state index is 0.00467. The first kappa shape index (κ1) is 27.7. The topological polar surface area (TPSA) is 108 Å².